The number of hydrogen-bond donors (Lipinski definition) is 2. The van der Waals surface area contributed by atoms with Gasteiger partial charge in [-0.3, -0.25) is 14.2 Å². The first-order chi connectivity index (χ1) is 11.5. The Morgan fingerprint density at radius 1 is 1.42 bits per heavy atom. The maximum Gasteiger partial charge on any atom is 0.266 e. The fraction of sp³-hybridized carbons (Fsp3) is 0.500. The number of nitrogens with zero attached hydrogens (tertiary/aromatic N) is 3. The van der Waals surface area contributed by atoms with Crippen molar-refractivity contribution in [3.05, 3.63) is 27.1 Å². The number of hydrogen-bond acceptors (Lipinski definition) is 5. The number of amides is 1. The van der Waals surface area contributed by atoms with Crippen LogP contribution in [0.15, 0.2) is 21.5 Å². The highest BCUT2D eigenvalue weighted by Crippen LogP contribution is 2.26. The van der Waals surface area contributed by atoms with E-state index in [1.54, 1.807) is 26.4 Å². The number of carbonyl (C=O) groups excluding carboxylic acids is 1. The first-order valence-corrected chi connectivity index (χ1v) is 8.79. The van der Waals surface area contributed by atoms with E-state index in [1.165, 1.54) is 4.57 Å². The van der Waals surface area contributed by atoms with Gasteiger partial charge in [0.1, 0.15) is 5.65 Å². The van der Waals surface area contributed by atoms with Crippen LogP contribution in [-0.2, 0) is 11.8 Å². The summed E-state index contributed by atoms with van der Waals surface area (Å²) >= 11 is 3.25. The second-order valence-corrected chi connectivity index (χ2v) is 7.00. The van der Waals surface area contributed by atoms with Crippen molar-refractivity contribution in [3.8, 4) is 0 Å². The standard InChI is InChI=1S/C16H20BrN5O2/c1-18-14(23)9-4-3-5-11(6-9)20-16-19-8-10-7-12(17)15(24)22(2)13(10)21-16/h7-9,11H,3-6H2,1-2H3,(H,18,23)(H,19,20,21)/t9-,11+/m1/s1. The fourth-order valence-electron chi connectivity index (χ4n) is 3.22. The van der Waals surface area contributed by atoms with Gasteiger partial charge in [0.2, 0.25) is 11.9 Å². The molecule has 1 aliphatic carbocycles. The van der Waals surface area contributed by atoms with E-state index < -0.39 is 0 Å². The summed E-state index contributed by atoms with van der Waals surface area (Å²) in [6.45, 7) is 0. The molecule has 0 aliphatic heterocycles. The first-order valence-electron chi connectivity index (χ1n) is 8.00. The van der Waals surface area contributed by atoms with Crippen molar-refractivity contribution in [1.82, 2.24) is 19.9 Å². The van der Waals surface area contributed by atoms with E-state index in [2.05, 4.69) is 36.5 Å². The molecule has 0 aromatic carbocycles. The molecule has 1 aliphatic rings. The van der Waals surface area contributed by atoms with Crippen LogP contribution in [0.25, 0.3) is 11.0 Å². The Labute approximate surface area is 148 Å². The predicted molar refractivity (Wildman–Crippen MR) is 95.9 cm³/mol. The highest BCUT2D eigenvalue weighted by Gasteiger charge is 2.27. The summed E-state index contributed by atoms with van der Waals surface area (Å²) < 4.78 is 1.99. The zero-order valence-electron chi connectivity index (χ0n) is 13.7. The van der Waals surface area contributed by atoms with Crippen LogP contribution in [-0.4, -0.2) is 33.5 Å². The minimum absolute atomic E-state index is 0.0296. The highest BCUT2D eigenvalue weighted by atomic mass is 79.9. The maximum atomic E-state index is 12.0. The molecule has 128 valence electrons. The van der Waals surface area contributed by atoms with Crippen molar-refractivity contribution < 1.29 is 4.79 Å². The van der Waals surface area contributed by atoms with Gasteiger partial charge in [0.15, 0.2) is 0 Å². The number of carbonyl (C=O) groups is 1. The quantitative estimate of drug-likeness (QED) is 0.829. The number of aromatic nitrogens is 3. The van der Waals surface area contributed by atoms with Crippen LogP contribution in [0.3, 0.4) is 0 Å². The number of fused-ring (bicyclic) bond motifs is 1. The summed E-state index contributed by atoms with van der Waals surface area (Å²) in [4.78, 5) is 32.7. The van der Waals surface area contributed by atoms with Gasteiger partial charge in [-0.2, -0.15) is 4.98 Å². The molecule has 1 fully saturated rings. The Kier molecular flexibility index (Phi) is 4.84. The second kappa shape index (κ2) is 6.88. The summed E-state index contributed by atoms with van der Waals surface area (Å²) in [5.41, 5.74) is 0.448. The zero-order chi connectivity index (χ0) is 17.3. The van der Waals surface area contributed by atoms with Crippen molar-refractivity contribution in [2.24, 2.45) is 13.0 Å². The molecular formula is C16H20BrN5O2. The predicted octanol–water partition coefficient (Wildman–Crippen LogP) is 1.81. The number of pyridine rings is 1. The van der Waals surface area contributed by atoms with Crippen LogP contribution in [0.5, 0.6) is 0 Å². The highest BCUT2D eigenvalue weighted by molar-refractivity contribution is 9.10. The Morgan fingerprint density at radius 3 is 2.96 bits per heavy atom. The molecule has 2 atom stereocenters. The third-order valence-electron chi connectivity index (χ3n) is 4.53. The van der Waals surface area contributed by atoms with Gasteiger partial charge in [0.05, 0.1) is 4.47 Å². The van der Waals surface area contributed by atoms with Gasteiger partial charge in [0, 0.05) is 37.6 Å². The molecule has 24 heavy (non-hydrogen) atoms. The molecule has 3 rings (SSSR count). The summed E-state index contributed by atoms with van der Waals surface area (Å²) in [6, 6.07) is 1.88. The molecule has 0 bridgehead atoms. The van der Waals surface area contributed by atoms with Gasteiger partial charge in [-0.1, -0.05) is 6.42 Å². The Bertz CT molecular complexity index is 835. The van der Waals surface area contributed by atoms with Gasteiger partial charge in [-0.25, -0.2) is 4.98 Å². The number of rotatable bonds is 3. The van der Waals surface area contributed by atoms with E-state index in [0.29, 0.717) is 16.1 Å². The molecule has 0 saturated heterocycles. The minimum atomic E-state index is -0.135. The van der Waals surface area contributed by atoms with Crippen LogP contribution >= 0.6 is 15.9 Å². The molecule has 2 aromatic rings. The molecule has 0 spiro atoms. The van der Waals surface area contributed by atoms with E-state index in [4.69, 9.17) is 0 Å². The number of anilines is 1. The van der Waals surface area contributed by atoms with E-state index in [-0.39, 0.29) is 23.4 Å². The third kappa shape index (κ3) is 3.28. The fourth-order valence-corrected chi connectivity index (χ4v) is 3.74. The molecule has 1 saturated carbocycles. The van der Waals surface area contributed by atoms with Gasteiger partial charge >= 0.3 is 0 Å². The molecule has 0 unspecified atom stereocenters. The average Bonchev–Trinajstić information content (AvgIpc) is 2.60. The van der Waals surface area contributed by atoms with Gasteiger partial charge in [-0.05, 0) is 41.3 Å². The lowest BCUT2D eigenvalue weighted by Gasteiger charge is -2.28. The third-order valence-corrected chi connectivity index (χ3v) is 5.10. The average molecular weight is 394 g/mol. The van der Waals surface area contributed by atoms with Crippen LogP contribution in [0, 0.1) is 5.92 Å². The Morgan fingerprint density at radius 2 is 2.21 bits per heavy atom. The summed E-state index contributed by atoms with van der Waals surface area (Å²) in [7, 11) is 3.36. The van der Waals surface area contributed by atoms with Crippen LogP contribution < -0.4 is 16.2 Å². The number of aryl methyl sites for hydroxylation is 1. The molecular weight excluding hydrogens is 374 g/mol. The van der Waals surface area contributed by atoms with Crippen molar-refractivity contribution in [2.75, 3.05) is 12.4 Å². The number of halogens is 1. The molecule has 2 N–H and O–H groups in total. The van der Waals surface area contributed by atoms with E-state index >= 15 is 0 Å². The summed E-state index contributed by atoms with van der Waals surface area (Å²) in [5, 5.41) is 6.83. The summed E-state index contributed by atoms with van der Waals surface area (Å²) in [6.07, 6.45) is 5.36. The lowest BCUT2D eigenvalue weighted by atomic mass is 9.85. The smallest absolute Gasteiger partial charge is 0.266 e. The molecule has 1 amide bonds. The molecule has 7 nitrogen and oxygen atoms in total. The van der Waals surface area contributed by atoms with Gasteiger partial charge in [0.25, 0.3) is 5.56 Å². The van der Waals surface area contributed by atoms with Crippen LogP contribution in [0.2, 0.25) is 0 Å². The normalized spacial score (nSPS) is 20.8. The maximum absolute atomic E-state index is 12.0. The molecule has 8 heteroatoms. The summed E-state index contributed by atoms with van der Waals surface area (Å²) in [5.74, 6) is 0.609. The first kappa shape index (κ1) is 16.9. The zero-order valence-corrected chi connectivity index (χ0v) is 15.3. The lowest BCUT2D eigenvalue weighted by Crippen LogP contribution is -2.36. The lowest BCUT2D eigenvalue weighted by molar-refractivity contribution is -0.125. The Hall–Kier alpha value is -1.96. The van der Waals surface area contributed by atoms with Crippen LogP contribution in [0.4, 0.5) is 5.95 Å². The number of nitrogens with one attached hydrogen (secondary N) is 2. The van der Waals surface area contributed by atoms with Crippen molar-refractivity contribution >= 4 is 38.8 Å². The monoisotopic (exact) mass is 393 g/mol. The van der Waals surface area contributed by atoms with E-state index in [9.17, 15) is 9.59 Å². The Balaban J connectivity index is 1.83. The van der Waals surface area contributed by atoms with Gasteiger partial charge in [-0.15, -0.1) is 0 Å². The van der Waals surface area contributed by atoms with E-state index in [1.807, 2.05) is 0 Å². The minimum Gasteiger partial charge on any atom is -0.359 e. The molecule has 2 heterocycles. The van der Waals surface area contributed by atoms with Gasteiger partial charge < -0.3 is 10.6 Å². The van der Waals surface area contributed by atoms with Crippen molar-refractivity contribution in [1.29, 1.82) is 0 Å². The topological polar surface area (TPSA) is 88.9 Å². The SMILES string of the molecule is CNC(=O)[C@@H]1CCC[C@H](Nc2ncc3cc(Br)c(=O)n(C)c3n2)C1. The van der Waals surface area contributed by atoms with Crippen molar-refractivity contribution in [3.63, 3.8) is 0 Å². The molecule has 0 radical (unpaired) electrons. The van der Waals surface area contributed by atoms with E-state index in [0.717, 1.165) is 31.1 Å². The van der Waals surface area contributed by atoms with Crippen molar-refractivity contribution in [2.45, 2.75) is 31.7 Å². The van der Waals surface area contributed by atoms with Crippen LogP contribution in [0.1, 0.15) is 25.7 Å². The second-order valence-electron chi connectivity index (χ2n) is 6.15. The largest absolute Gasteiger partial charge is 0.359 e. The molecule has 2 aromatic heterocycles.